The standard InChI is InChI=1S/C23H24N4O4/c1-16-14-21(22(27(29)30)17(2)25-16)26-20-10-8-18(9-11-20)12-13-24-23(28)31-15-19-6-4-3-5-7-19/h3-11,14H,12-13,15H2,1-2H3,(H,24,28)(H,25,26). The molecule has 160 valence electrons. The first-order valence-electron chi connectivity index (χ1n) is 9.85. The van der Waals surface area contributed by atoms with E-state index in [4.69, 9.17) is 4.74 Å². The second-order valence-corrected chi connectivity index (χ2v) is 7.06. The Morgan fingerprint density at radius 1 is 1.06 bits per heavy atom. The third-order valence-corrected chi connectivity index (χ3v) is 4.61. The lowest BCUT2D eigenvalue weighted by atomic mass is 10.1. The smallest absolute Gasteiger partial charge is 0.407 e. The molecule has 0 saturated carbocycles. The summed E-state index contributed by atoms with van der Waals surface area (Å²) in [6.07, 6.45) is 0.173. The Hall–Kier alpha value is -3.94. The van der Waals surface area contributed by atoms with Crippen LogP contribution >= 0.6 is 0 Å². The van der Waals surface area contributed by atoms with Crippen LogP contribution in [0.2, 0.25) is 0 Å². The number of alkyl carbamates (subject to hydrolysis) is 1. The molecule has 0 unspecified atom stereocenters. The summed E-state index contributed by atoms with van der Waals surface area (Å²) in [6.45, 7) is 4.09. The third kappa shape index (κ3) is 6.27. The maximum atomic E-state index is 11.8. The van der Waals surface area contributed by atoms with Gasteiger partial charge in [-0.2, -0.15) is 0 Å². The molecule has 1 heterocycles. The van der Waals surface area contributed by atoms with Gasteiger partial charge in [0, 0.05) is 17.9 Å². The second kappa shape index (κ2) is 10.2. The molecule has 0 spiro atoms. The van der Waals surface area contributed by atoms with E-state index in [9.17, 15) is 14.9 Å². The molecule has 0 radical (unpaired) electrons. The van der Waals surface area contributed by atoms with Crippen LogP contribution in [0.4, 0.5) is 21.9 Å². The number of aryl methyl sites for hydroxylation is 2. The van der Waals surface area contributed by atoms with Gasteiger partial charge in [0.15, 0.2) is 0 Å². The summed E-state index contributed by atoms with van der Waals surface area (Å²) in [5.41, 5.74) is 4.12. The number of nitrogens with zero attached hydrogens (tertiary/aromatic N) is 2. The number of hydrogen-bond acceptors (Lipinski definition) is 6. The minimum Gasteiger partial charge on any atom is -0.445 e. The van der Waals surface area contributed by atoms with Crippen LogP contribution in [0.5, 0.6) is 0 Å². The molecule has 8 nitrogen and oxygen atoms in total. The second-order valence-electron chi connectivity index (χ2n) is 7.06. The average Bonchev–Trinajstić information content (AvgIpc) is 2.73. The monoisotopic (exact) mass is 420 g/mol. The molecule has 0 atom stereocenters. The number of anilines is 2. The highest BCUT2D eigenvalue weighted by atomic mass is 16.6. The van der Waals surface area contributed by atoms with E-state index in [1.807, 2.05) is 54.6 Å². The molecule has 31 heavy (non-hydrogen) atoms. The zero-order valence-electron chi connectivity index (χ0n) is 17.4. The number of hydrogen-bond donors (Lipinski definition) is 2. The summed E-state index contributed by atoms with van der Waals surface area (Å²) in [5.74, 6) is 0. The van der Waals surface area contributed by atoms with Gasteiger partial charge in [-0.3, -0.25) is 15.1 Å². The predicted molar refractivity (Wildman–Crippen MR) is 118 cm³/mol. The summed E-state index contributed by atoms with van der Waals surface area (Å²) in [6, 6.07) is 18.6. The Kier molecular flexibility index (Phi) is 7.16. The maximum absolute atomic E-state index is 11.8. The van der Waals surface area contributed by atoms with E-state index in [0.717, 1.165) is 16.8 Å². The van der Waals surface area contributed by atoms with Crippen molar-refractivity contribution in [1.29, 1.82) is 0 Å². The van der Waals surface area contributed by atoms with Crippen LogP contribution in [0.25, 0.3) is 0 Å². The SMILES string of the molecule is Cc1cc(Nc2ccc(CCNC(=O)OCc3ccccc3)cc2)c([N+](=O)[O-])c(C)n1. The Morgan fingerprint density at radius 2 is 1.77 bits per heavy atom. The fourth-order valence-electron chi connectivity index (χ4n) is 3.14. The van der Waals surface area contributed by atoms with Crippen LogP contribution in [-0.4, -0.2) is 22.5 Å². The number of nitrogens with one attached hydrogen (secondary N) is 2. The van der Waals surface area contributed by atoms with E-state index >= 15 is 0 Å². The largest absolute Gasteiger partial charge is 0.445 e. The molecule has 1 aromatic heterocycles. The third-order valence-electron chi connectivity index (χ3n) is 4.61. The molecule has 0 bridgehead atoms. The molecule has 3 aromatic rings. The molecule has 1 amide bonds. The van der Waals surface area contributed by atoms with Gasteiger partial charge in [-0.25, -0.2) is 4.79 Å². The Balaban J connectivity index is 1.51. The normalized spacial score (nSPS) is 10.4. The van der Waals surface area contributed by atoms with Crippen molar-refractivity contribution in [3.63, 3.8) is 0 Å². The quantitative estimate of drug-likeness (QED) is 0.400. The molecule has 2 N–H and O–H groups in total. The summed E-state index contributed by atoms with van der Waals surface area (Å²) in [7, 11) is 0. The van der Waals surface area contributed by atoms with Crippen LogP contribution in [-0.2, 0) is 17.8 Å². The van der Waals surface area contributed by atoms with E-state index in [-0.39, 0.29) is 12.3 Å². The highest BCUT2D eigenvalue weighted by Gasteiger charge is 2.19. The lowest BCUT2D eigenvalue weighted by molar-refractivity contribution is -0.384. The number of pyridine rings is 1. The molecule has 0 aliphatic heterocycles. The topological polar surface area (TPSA) is 106 Å². The molecule has 3 rings (SSSR count). The minimum atomic E-state index is -0.460. The number of rotatable bonds is 8. The van der Waals surface area contributed by atoms with Crippen LogP contribution < -0.4 is 10.6 Å². The van der Waals surface area contributed by atoms with E-state index in [0.29, 0.717) is 30.0 Å². The lowest BCUT2D eigenvalue weighted by Crippen LogP contribution is -2.26. The average molecular weight is 420 g/mol. The molecule has 0 aliphatic carbocycles. The molecule has 0 fully saturated rings. The van der Waals surface area contributed by atoms with Crippen LogP contribution in [0, 0.1) is 24.0 Å². The number of ether oxygens (including phenoxy) is 1. The van der Waals surface area contributed by atoms with E-state index in [2.05, 4.69) is 15.6 Å². The minimum absolute atomic E-state index is 0.0344. The zero-order chi connectivity index (χ0) is 22.2. The molecule has 8 heteroatoms. The number of amides is 1. The summed E-state index contributed by atoms with van der Waals surface area (Å²) >= 11 is 0. The Bertz CT molecular complexity index is 1050. The lowest BCUT2D eigenvalue weighted by Gasteiger charge is -2.11. The maximum Gasteiger partial charge on any atom is 0.407 e. The number of nitro groups is 1. The number of carbonyl (C=O) groups excluding carboxylic acids is 1. The summed E-state index contributed by atoms with van der Waals surface area (Å²) < 4.78 is 5.18. The van der Waals surface area contributed by atoms with Crippen molar-refractivity contribution in [3.05, 3.63) is 93.3 Å². The first-order valence-corrected chi connectivity index (χ1v) is 9.85. The molecule has 0 aliphatic rings. The van der Waals surface area contributed by atoms with Crippen LogP contribution in [0.3, 0.4) is 0 Å². The van der Waals surface area contributed by atoms with Crippen molar-refractivity contribution in [2.45, 2.75) is 26.9 Å². The van der Waals surface area contributed by atoms with E-state index in [1.165, 1.54) is 0 Å². The van der Waals surface area contributed by atoms with Crippen molar-refractivity contribution in [2.24, 2.45) is 0 Å². The highest BCUT2D eigenvalue weighted by molar-refractivity contribution is 5.71. The fourth-order valence-corrected chi connectivity index (χ4v) is 3.14. The first-order chi connectivity index (χ1) is 14.9. The zero-order valence-corrected chi connectivity index (χ0v) is 17.4. The van der Waals surface area contributed by atoms with E-state index in [1.54, 1.807) is 19.9 Å². The fraction of sp³-hybridized carbons (Fsp3) is 0.217. The molecular formula is C23H24N4O4. The Morgan fingerprint density at radius 3 is 2.45 bits per heavy atom. The number of carbonyl (C=O) groups is 1. The van der Waals surface area contributed by atoms with Gasteiger partial charge >= 0.3 is 11.8 Å². The Labute approximate surface area is 180 Å². The van der Waals surface area contributed by atoms with Gasteiger partial charge in [0.1, 0.15) is 18.0 Å². The summed E-state index contributed by atoms with van der Waals surface area (Å²) in [4.78, 5) is 26.9. The van der Waals surface area contributed by atoms with Crippen molar-refractivity contribution >= 4 is 23.2 Å². The van der Waals surface area contributed by atoms with Gasteiger partial charge in [-0.15, -0.1) is 0 Å². The van der Waals surface area contributed by atoms with Crippen LogP contribution in [0.15, 0.2) is 60.7 Å². The van der Waals surface area contributed by atoms with Gasteiger partial charge in [-0.05, 0) is 49.6 Å². The highest BCUT2D eigenvalue weighted by Crippen LogP contribution is 2.30. The van der Waals surface area contributed by atoms with Crippen molar-refractivity contribution in [3.8, 4) is 0 Å². The number of benzene rings is 2. The van der Waals surface area contributed by atoms with Crippen molar-refractivity contribution in [1.82, 2.24) is 10.3 Å². The van der Waals surface area contributed by atoms with Gasteiger partial charge in [0.05, 0.1) is 4.92 Å². The predicted octanol–water partition coefficient (Wildman–Crippen LogP) is 4.82. The first kappa shape index (κ1) is 21.8. The molecule has 0 saturated heterocycles. The molecule has 2 aromatic carbocycles. The molecular weight excluding hydrogens is 396 g/mol. The van der Waals surface area contributed by atoms with Gasteiger partial charge in [0.25, 0.3) is 0 Å². The van der Waals surface area contributed by atoms with Gasteiger partial charge < -0.3 is 15.4 Å². The summed E-state index contributed by atoms with van der Waals surface area (Å²) in [5, 5.41) is 17.2. The van der Waals surface area contributed by atoms with Gasteiger partial charge in [-0.1, -0.05) is 42.5 Å². The van der Waals surface area contributed by atoms with Crippen LogP contribution in [0.1, 0.15) is 22.5 Å². The number of aromatic nitrogens is 1. The van der Waals surface area contributed by atoms with Gasteiger partial charge in [0.2, 0.25) is 0 Å². The van der Waals surface area contributed by atoms with E-state index < -0.39 is 11.0 Å². The van der Waals surface area contributed by atoms with Crippen molar-refractivity contribution in [2.75, 3.05) is 11.9 Å². The van der Waals surface area contributed by atoms with Crippen molar-refractivity contribution < 1.29 is 14.5 Å².